The summed E-state index contributed by atoms with van der Waals surface area (Å²) in [7, 11) is 2.64. The van der Waals surface area contributed by atoms with E-state index >= 15 is 0 Å². The molecule has 0 aliphatic heterocycles. The first-order chi connectivity index (χ1) is 11.2. The van der Waals surface area contributed by atoms with Crippen LogP contribution < -0.4 is 14.8 Å². The van der Waals surface area contributed by atoms with Gasteiger partial charge in [-0.2, -0.15) is 8.78 Å². The van der Waals surface area contributed by atoms with Crippen molar-refractivity contribution in [2.45, 2.75) is 25.5 Å². The van der Waals surface area contributed by atoms with Crippen LogP contribution in [0.4, 0.5) is 8.78 Å². The van der Waals surface area contributed by atoms with Gasteiger partial charge in [0.25, 0.3) is 5.91 Å². The van der Waals surface area contributed by atoms with Crippen molar-refractivity contribution < 1.29 is 37.7 Å². The molecule has 1 aromatic carbocycles. The molecule has 0 spiro atoms. The number of benzene rings is 1. The second-order valence-electron chi connectivity index (χ2n) is 5.26. The lowest BCUT2D eigenvalue weighted by Crippen LogP contribution is -2.50. The molecule has 9 heteroatoms. The lowest BCUT2D eigenvalue weighted by molar-refractivity contribution is -0.139. The maximum atomic E-state index is 12.4. The number of hydrogen-bond donors (Lipinski definition) is 2. The predicted molar refractivity (Wildman–Crippen MR) is 79.6 cm³/mol. The number of halogens is 2. The molecular weight excluding hydrogens is 328 g/mol. The Morgan fingerprint density at radius 3 is 2.46 bits per heavy atom. The van der Waals surface area contributed by atoms with Crippen molar-refractivity contribution in [2.24, 2.45) is 0 Å². The number of nitrogens with one attached hydrogen (secondary N) is 1. The van der Waals surface area contributed by atoms with E-state index in [-0.39, 0.29) is 30.1 Å². The molecule has 0 saturated heterocycles. The zero-order valence-electron chi connectivity index (χ0n) is 13.5. The molecule has 0 fully saturated rings. The number of carbonyl (C=O) groups excluding carboxylic acids is 1. The quantitative estimate of drug-likeness (QED) is 0.709. The summed E-state index contributed by atoms with van der Waals surface area (Å²) >= 11 is 0. The summed E-state index contributed by atoms with van der Waals surface area (Å²) < 4.78 is 39.0. The van der Waals surface area contributed by atoms with Crippen LogP contribution in [-0.4, -0.2) is 50.0 Å². The van der Waals surface area contributed by atoms with Gasteiger partial charge in [-0.05, 0) is 25.1 Å². The molecule has 0 aromatic heterocycles. The predicted octanol–water partition coefficient (Wildman–Crippen LogP) is 1.91. The third-order valence-corrected chi connectivity index (χ3v) is 3.06. The molecule has 2 N–H and O–H groups in total. The van der Waals surface area contributed by atoms with Crippen LogP contribution in [0.15, 0.2) is 18.2 Å². The van der Waals surface area contributed by atoms with Crippen LogP contribution in [0, 0.1) is 0 Å². The summed E-state index contributed by atoms with van der Waals surface area (Å²) in [6, 6.07) is 3.74. The maximum Gasteiger partial charge on any atom is 0.387 e. The van der Waals surface area contributed by atoms with Crippen molar-refractivity contribution in [3.8, 4) is 11.5 Å². The monoisotopic (exact) mass is 347 g/mol. The Hall–Kier alpha value is -2.42. The fourth-order valence-corrected chi connectivity index (χ4v) is 2.14. The third-order valence-electron chi connectivity index (χ3n) is 3.06. The van der Waals surface area contributed by atoms with E-state index in [4.69, 9.17) is 14.6 Å². The summed E-state index contributed by atoms with van der Waals surface area (Å²) in [5, 5.41) is 11.5. The van der Waals surface area contributed by atoms with E-state index in [1.54, 1.807) is 0 Å². The van der Waals surface area contributed by atoms with E-state index in [9.17, 15) is 18.4 Å². The number of carboxylic acids is 1. The Labute approximate surface area is 137 Å². The molecule has 0 aliphatic rings. The average molecular weight is 347 g/mol. The van der Waals surface area contributed by atoms with Gasteiger partial charge in [0.1, 0.15) is 0 Å². The second-order valence-corrected chi connectivity index (χ2v) is 5.26. The molecule has 0 aliphatic carbocycles. The molecule has 0 radical (unpaired) electrons. The number of methoxy groups -OCH3 is 2. The molecule has 7 nitrogen and oxygen atoms in total. The number of rotatable bonds is 9. The Balaban J connectivity index is 3.02. The van der Waals surface area contributed by atoms with Crippen molar-refractivity contribution in [1.82, 2.24) is 5.32 Å². The lowest BCUT2D eigenvalue weighted by Gasteiger charge is -2.28. The van der Waals surface area contributed by atoms with E-state index in [0.29, 0.717) is 0 Å². The summed E-state index contributed by atoms with van der Waals surface area (Å²) in [6.07, 6.45) is -0.372. The number of alkyl halides is 2. The highest BCUT2D eigenvalue weighted by Crippen LogP contribution is 2.29. The van der Waals surface area contributed by atoms with Crippen molar-refractivity contribution in [1.29, 1.82) is 0 Å². The highest BCUT2D eigenvalue weighted by molar-refractivity contribution is 5.95. The number of ether oxygens (including phenoxy) is 3. The normalized spacial score (nSPS) is 13.2. The van der Waals surface area contributed by atoms with Gasteiger partial charge in [0.2, 0.25) is 0 Å². The maximum absolute atomic E-state index is 12.4. The highest BCUT2D eigenvalue weighted by Gasteiger charge is 2.30. The van der Waals surface area contributed by atoms with Gasteiger partial charge < -0.3 is 24.6 Å². The fraction of sp³-hybridized carbons (Fsp3) is 0.467. The standard InChI is InChI=1S/C15H19F2NO6/c1-15(8-22-2,7-12(19)20)18-13(21)9-4-5-10(23-3)11(6-9)24-14(16)17/h4-6,14H,7-8H2,1-3H3,(H,18,21)(H,19,20). The summed E-state index contributed by atoms with van der Waals surface area (Å²) in [5.41, 5.74) is -1.15. The van der Waals surface area contributed by atoms with Crippen molar-refractivity contribution in [2.75, 3.05) is 20.8 Å². The SMILES string of the molecule is COCC(C)(CC(=O)O)NC(=O)c1ccc(OC)c(OC(F)F)c1. The molecule has 1 unspecified atom stereocenters. The highest BCUT2D eigenvalue weighted by atomic mass is 19.3. The Kier molecular flexibility index (Phi) is 6.90. The van der Waals surface area contributed by atoms with Crippen LogP contribution in [0.1, 0.15) is 23.7 Å². The van der Waals surface area contributed by atoms with E-state index in [0.717, 1.165) is 6.07 Å². The molecule has 1 aromatic rings. The van der Waals surface area contributed by atoms with Gasteiger partial charge in [-0.25, -0.2) is 0 Å². The van der Waals surface area contributed by atoms with Crippen LogP contribution in [-0.2, 0) is 9.53 Å². The second kappa shape index (κ2) is 8.44. The van der Waals surface area contributed by atoms with Gasteiger partial charge in [-0.1, -0.05) is 0 Å². The largest absolute Gasteiger partial charge is 0.493 e. The van der Waals surface area contributed by atoms with Crippen LogP contribution in [0.2, 0.25) is 0 Å². The zero-order chi connectivity index (χ0) is 18.3. The van der Waals surface area contributed by atoms with Crippen molar-refractivity contribution in [3.05, 3.63) is 23.8 Å². The Morgan fingerprint density at radius 2 is 1.96 bits per heavy atom. The zero-order valence-corrected chi connectivity index (χ0v) is 13.5. The summed E-state index contributed by atoms with van der Waals surface area (Å²) in [6.45, 7) is -1.62. The first-order valence-electron chi connectivity index (χ1n) is 6.87. The van der Waals surface area contributed by atoms with Gasteiger partial charge in [-0.3, -0.25) is 9.59 Å². The number of carbonyl (C=O) groups is 2. The molecule has 0 bridgehead atoms. The van der Waals surface area contributed by atoms with Crippen molar-refractivity contribution in [3.63, 3.8) is 0 Å². The van der Waals surface area contributed by atoms with Crippen LogP contribution >= 0.6 is 0 Å². The van der Waals surface area contributed by atoms with Crippen LogP contribution in [0.3, 0.4) is 0 Å². The molecule has 1 rings (SSSR count). The fourth-order valence-electron chi connectivity index (χ4n) is 2.14. The third kappa shape index (κ3) is 5.65. The molecule has 0 heterocycles. The van der Waals surface area contributed by atoms with Gasteiger partial charge in [0, 0.05) is 12.7 Å². The van der Waals surface area contributed by atoms with Gasteiger partial charge in [0.15, 0.2) is 11.5 Å². The van der Waals surface area contributed by atoms with E-state index in [2.05, 4.69) is 10.1 Å². The van der Waals surface area contributed by atoms with Crippen molar-refractivity contribution >= 4 is 11.9 Å². The minimum absolute atomic E-state index is 0.0131. The number of aliphatic carboxylic acids is 1. The molecule has 1 amide bonds. The first-order valence-corrected chi connectivity index (χ1v) is 6.87. The number of amides is 1. The minimum Gasteiger partial charge on any atom is -0.493 e. The number of hydrogen-bond acceptors (Lipinski definition) is 5. The van der Waals surface area contributed by atoms with Crippen LogP contribution in [0.5, 0.6) is 11.5 Å². The average Bonchev–Trinajstić information content (AvgIpc) is 2.45. The smallest absolute Gasteiger partial charge is 0.387 e. The lowest BCUT2D eigenvalue weighted by atomic mass is 9.98. The molecule has 24 heavy (non-hydrogen) atoms. The Bertz CT molecular complexity index is 595. The van der Waals surface area contributed by atoms with Gasteiger partial charge in [-0.15, -0.1) is 0 Å². The van der Waals surface area contributed by atoms with E-state index in [1.165, 1.54) is 33.3 Å². The first kappa shape index (κ1) is 19.6. The molecular formula is C15H19F2NO6. The topological polar surface area (TPSA) is 94.1 Å². The van der Waals surface area contributed by atoms with Crippen LogP contribution in [0.25, 0.3) is 0 Å². The number of carboxylic acid groups (broad SMARTS) is 1. The molecule has 134 valence electrons. The van der Waals surface area contributed by atoms with Gasteiger partial charge >= 0.3 is 12.6 Å². The molecule has 0 saturated carbocycles. The molecule has 1 atom stereocenters. The minimum atomic E-state index is -3.08. The van der Waals surface area contributed by atoms with E-state index < -0.39 is 24.0 Å². The van der Waals surface area contributed by atoms with E-state index in [1.807, 2.05) is 0 Å². The van der Waals surface area contributed by atoms with Gasteiger partial charge in [0.05, 0.1) is 25.7 Å². The Morgan fingerprint density at radius 1 is 1.29 bits per heavy atom. The summed E-state index contributed by atoms with van der Waals surface area (Å²) in [4.78, 5) is 23.3. The summed E-state index contributed by atoms with van der Waals surface area (Å²) in [5.74, 6) is -2.03.